The van der Waals surface area contributed by atoms with Crippen molar-refractivity contribution in [1.82, 2.24) is 0 Å². The van der Waals surface area contributed by atoms with Crippen LogP contribution in [0.4, 0.5) is 5.69 Å². The van der Waals surface area contributed by atoms with Crippen molar-refractivity contribution < 1.29 is 14.6 Å². The van der Waals surface area contributed by atoms with E-state index in [4.69, 9.17) is 4.74 Å². The van der Waals surface area contributed by atoms with Crippen LogP contribution in [0.15, 0.2) is 42.5 Å². The Morgan fingerprint density at radius 2 is 1.91 bits per heavy atom. The maximum atomic E-state index is 12.5. The summed E-state index contributed by atoms with van der Waals surface area (Å²) >= 11 is 0. The van der Waals surface area contributed by atoms with E-state index in [9.17, 15) is 9.90 Å². The molecule has 0 fully saturated rings. The van der Waals surface area contributed by atoms with E-state index < -0.39 is 6.10 Å². The Morgan fingerprint density at radius 1 is 1.18 bits per heavy atom. The highest BCUT2D eigenvalue weighted by Gasteiger charge is 2.32. The average molecular weight is 297 g/mol. The molecule has 1 unspecified atom stereocenters. The van der Waals surface area contributed by atoms with Crippen LogP contribution >= 0.6 is 0 Å². The summed E-state index contributed by atoms with van der Waals surface area (Å²) in [6, 6.07) is 12.9. The average Bonchev–Trinajstić information content (AvgIpc) is 2.52. The Labute approximate surface area is 130 Å². The largest absolute Gasteiger partial charge is 0.508 e. The molecule has 0 spiro atoms. The Kier molecular flexibility index (Phi) is 3.75. The summed E-state index contributed by atoms with van der Waals surface area (Å²) in [4.78, 5) is 14.1. The lowest BCUT2D eigenvalue weighted by Gasteiger charge is -2.32. The third kappa shape index (κ3) is 2.52. The topological polar surface area (TPSA) is 49.8 Å². The lowest BCUT2D eigenvalue weighted by molar-refractivity contribution is -0.125. The van der Waals surface area contributed by atoms with Gasteiger partial charge in [0, 0.05) is 19.5 Å². The van der Waals surface area contributed by atoms with E-state index in [1.165, 1.54) is 5.56 Å². The van der Waals surface area contributed by atoms with Crippen molar-refractivity contribution in [3.8, 4) is 11.5 Å². The third-order valence-electron chi connectivity index (χ3n) is 4.08. The summed E-state index contributed by atoms with van der Waals surface area (Å²) in [7, 11) is 1.74. The number of carbonyl (C=O) groups excluding carboxylic acids is 1. The van der Waals surface area contributed by atoms with Gasteiger partial charge in [0.1, 0.15) is 11.5 Å². The van der Waals surface area contributed by atoms with Crippen molar-refractivity contribution in [3.05, 3.63) is 53.6 Å². The highest BCUT2D eigenvalue weighted by atomic mass is 16.5. The van der Waals surface area contributed by atoms with Crippen LogP contribution in [-0.4, -0.2) is 24.2 Å². The molecule has 4 heteroatoms. The van der Waals surface area contributed by atoms with Crippen LogP contribution in [0.5, 0.6) is 11.5 Å². The summed E-state index contributed by atoms with van der Waals surface area (Å²) in [5.74, 6) is 0.611. The molecule has 4 nitrogen and oxygen atoms in total. The predicted molar refractivity (Wildman–Crippen MR) is 85.5 cm³/mol. The van der Waals surface area contributed by atoms with E-state index >= 15 is 0 Å². The van der Waals surface area contributed by atoms with Gasteiger partial charge in [-0.2, -0.15) is 0 Å². The van der Waals surface area contributed by atoms with Crippen LogP contribution in [-0.2, 0) is 17.6 Å². The SMILES string of the molecule is CCc1ccccc1CC1Oc2cc(O)ccc2N(C)C1=O. The molecular weight excluding hydrogens is 278 g/mol. The van der Waals surface area contributed by atoms with Gasteiger partial charge < -0.3 is 14.7 Å². The molecule has 3 rings (SSSR count). The van der Waals surface area contributed by atoms with Gasteiger partial charge in [-0.05, 0) is 29.7 Å². The summed E-state index contributed by atoms with van der Waals surface area (Å²) in [6.45, 7) is 2.10. The molecule has 1 N–H and O–H groups in total. The third-order valence-corrected chi connectivity index (χ3v) is 4.08. The summed E-state index contributed by atoms with van der Waals surface area (Å²) in [5, 5.41) is 9.62. The molecule has 0 aliphatic carbocycles. The maximum absolute atomic E-state index is 12.5. The van der Waals surface area contributed by atoms with Crippen LogP contribution in [0.3, 0.4) is 0 Å². The Bertz CT molecular complexity index is 711. The molecule has 0 radical (unpaired) electrons. The monoisotopic (exact) mass is 297 g/mol. The smallest absolute Gasteiger partial charge is 0.268 e. The van der Waals surface area contributed by atoms with Gasteiger partial charge in [-0.15, -0.1) is 0 Å². The fourth-order valence-corrected chi connectivity index (χ4v) is 2.84. The number of nitrogens with zero attached hydrogens (tertiary/aromatic N) is 1. The second-order valence-corrected chi connectivity index (χ2v) is 5.48. The van der Waals surface area contributed by atoms with Crippen LogP contribution in [0.2, 0.25) is 0 Å². The molecule has 2 aromatic rings. The van der Waals surface area contributed by atoms with Crippen molar-refractivity contribution in [2.24, 2.45) is 0 Å². The number of hydrogen-bond acceptors (Lipinski definition) is 3. The normalized spacial score (nSPS) is 17.1. The first-order valence-electron chi connectivity index (χ1n) is 7.44. The molecule has 22 heavy (non-hydrogen) atoms. The minimum atomic E-state index is -0.563. The molecule has 0 saturated heterocycles. The van der Waals surface area contributed by atoms with Gasteiger partial charge in [0.05, 0.1) is 5.69 Å². The number of aromatic hydroxyl groups is 1. The minimum absolute atomic E-state index is 0.0657. The van der Waals surface area contributed by atoms with Crippen LogP contribution in [0.1, 0.15) is 18.1 Å². The molecule has 1 heterocycles. The standard InChI is InChI=1S/C18H19NO3/c1-3-12-6-4-5-7-13(12)10-17-18(21)19(2)15-9-8-14(20)11-16(15)22-17/h4-9,11,17,20H,3,10H2,1-2H3. The predicted octanol–water partition coefficient (Wildman–Crippen LogP) is 2.92. The Morgan fingerprint density at radius 3 is 2.64 bits per heavy atom. The van der Waals surface area contributed by atoms with E-state index in [2.05, 4.69) is 13.0 Å². The molecule has 1 amide bonds. The van der Waals surface area contributed by atoms with Crippen molar-refractivity contribution in [3.63, 3.8) is 0 Å². The number of rotatable bonds is 3. The van der Waals surface area contributed by atoms with E-state index in [0.717, 1.165) is 12.0 Å². The highest BCUT2D eigenvalue weighted by molar-refractivity contribution is 5.99. The first-order chi connectivity index (χ1) is 10.6. The Hall–Kier alpha value is -2.49. The van der Waals surface area contributed by atoms with Gasteiger partial charge >= 0.3 is 0 Å². The van der Waals surface area contributed by atoms with Crippen LogP contribution in [0, 0.1) is 0 Å². The number of fused-ring (bicyclic) bond motifs is 1. The fourth-order valence-electron chi connectivity index (χ4n) is 2.84. The summed E-state index contributed by atoms with van der Waals surface area (Å²) in [6.07, 6.45) is 0.888. The molecule has 0 saturated carbocycles. The first-order valence-corrected chi connectivity index (χ1v) is 7.44. The number of benzene rings is 2. The molecule has 0 bridgehead atoms. The van der Waals surface area contributed by atoms with Crippen molar-refractivity contribution in [2.45, 2.75) is 25.9 Å². The number of phenolic OH excluding ortho intramolecular Hbond substituents is 1. The Balaban J connectivity index is 1.91. The van der Waals surface area contributed by atoms with Gasteiger partial charge in [0.2, 0.25) is 0 Å². The zero-order valence-electron chi connectivity index (χ0n) is 12.7. The zero-order chi connectivity index (χ0) is 15.7. The number of amides is 1. The highest BCUT2D eigenvalue weighted by Crippen LogP contribution is 2.36. The van der Waals surface area contributed by atoms with Gasteiger partial charge in [0.15, 0.2) is 6.10 Å². The number of phenols is 1. The van der Waals surface area contributed by atoms with Gasteiger partial charge in [-0.3, -0.25) is 4.79 Å². The molecule has 1 aliphatic heterocycles. The zero-order valence-corrected chi connectivity index (χ0v) is 12.7. The van der Waals surface area contributed by atoms with E-state index in [0.29, 0.717) is 17.9 Å². The lowest BCUT2D eigenvalue weighted by atomic mass is 9.98. The van der Waals surface area contributed by atoms with Crippen molar-refractivity contribution in [1.29, 1.82) is 0 Å². The molecule has 2 aromatic carbocycles. The number of anilines is 1. The van der Waals surface area contributed by atoms with E-state index in [1.54, 1.807) is 30.1 Å². The second kappa shape index (κ2) is 5.72. The number of carbonyl (C=O) groups is 1. The number of hydrogen-bond donors (Lipinski definition) is 1. The quantitative estimate of drug-likeness (QED) is 0.947. The van der Waals surface area contributed by atoms with Crippen molar-refractivity contribution >= 4 is 11.6 Å². The number of likely N-dealkylation sites (N-methyl/N-ethyl adjacent to an activating group) is 1. The first kappa shape index (κ1) is 14.4. The minimum Gasteiger partial charge on any atom is -0.508 e. The number of aryl methyl sites for hydroxylation is 1. The number of ether oxygens (including phenoxy) is 1. The van der Waals surface area contributed by atoms with Gasteiger partial charge in [-0.25, -0.2) is 0 Å². The summed E-state index contributed by atoms with van der Waals surface area (Å²) in [5.41, 5.74) is 3.03. The van der Waals surface area contributed by atoms with Gasteiger partial charge in [0.25, 0.3) is 5.91 Å². The molecule has 114 valence electrons. The van der Waals surface area contributed by atoms with Crippen LogP contribution in [0.25, 0.3) is 0 Å². The molecule has 0 aromatic heterocycles. The van der Waals surface area contributed by atoms with Gasteiger partial charge in [-0.1, -0.05) is 31.2 Å². The molecular formula is C18H19NO3. The molecule has 1 aliphatic rings. The van der Waals surface area contributed by atoms with Crippen molar-refractivity contribution in [2.75, 3.05) is 11.9 Å². The van der Waals surface area contributed by atoms with E-state index in [1.807, 2.05) is 18.2 Å². The van der Waals surface area contributed by atoms with Crippen LogP contribution < -0.4 is 9.64 Å². The fraction of sp³-hybridized carbons (Fsp3) is 0.278. The van der Waals surface area contributed by atoms with E-state index in [-0.39, 0.29) is 11.7 Å². The maximum Gasteiger partial charge on any atom is 0.268 e. The summed E-state index contributed by atoms with van der Waals surface area (Å²) < 4.78 is 5.85. The lowest BCUT2D eigenvalue weighted by Crippen LogP contribution is -2.45. The second-order valence-electron chi connectivity index (χ2n) is 5.48. The molecule has 1 atom stereocenters.